The van der Waals surface area contributed by atoms with Crippen molar-refractivity contribution < 1.29 is 17.5 Å². The van der Waals surface area contributed by atoms with Crippen LogP contribution in [-0.4, -0.2) is 33.5 Å². The van der Waals surface area contributed by atoms with E-state index in [-0.39, 0.29) is 16.3 Å². The van der Waals surface area contributed by atoms with Crippen molar-refractivity contribution in [3.05, 3.63) is 30.1 Å². The van der Waals surface area contributed by atoms with Crippen molar-refractivity contribution >= 4 is 26.0 Å². The van der Waals surface area contributed by atoms with Gasteiger partial charge in [-0.1, -0.05) is 22.0 Å². The Morgan fingerprint density at radius 3 is 2.82 bits per heavy atom. The van der Waals surface area contributed by atoms with Gasteiger partial charge in [-0.05, 0) is 18.2 Å². The maximum Gasteiger partial charge on any atom is 0.240 e. The van der Waals surface area contributed by atoms with Crippen molar-refractivity contribution in [3.63, 3.8) is 0 Å². The quantitative estimate of drug-likeness (QED) is 0.807. The van der Waals surface area contributed by atoms with E-state index >= 15 is 0 Å². The smallest absolute Gasteiger partial charge is 0.240 e. The molecule has 1 unspecified atom stereocenters. The molecule has 1 rings (SSSR count). The summed E-state index contributed by atoms with van der Waals surface area (Å²) in [6.45, 7) is 0.554. The number of hydrogen-bond acceptors (Lipinski definition) is 3. The summed E-state index contributed by atoms with van der Waals surface area (Å²) in [7, 11) is -2.15. The first kappa shape index (κ1) is 14.6. The summed E-state index contributed by atoms with van der Waals surface area (Å²) in [5.74, 6) is -0.583. The predicted octanol–water partition coefficient (Wildman–Crippen LogP) is 1.51. The molecule has 1 N–H and O–H groups in total. The zero-order valence-electron chi connectivity index (χ0n) is 9.19. The fourth-order valence-electron chi connectivity index (χ4n) is 1.16. The van der Waals surface area contributed by atoms with Crippen LogP contribution in [0.1, 0.15) is 0 Å². The third kappa shape index (κ3) is 4.71. The Bertz CT molecular complexity index is 466. The average Bonchev–Trinajstić information content (AvgIpc) is 2.27. The largest absolute Gasteiger partial charge is 0.383 e. The highest BCUT2D eigenvalue weighted by molar-refractivity contribution is 9.09. The molecule has 7 heteroatoms. The van der Waals surface area contributed by atoms with Gasteiger partial charge in [0.25, 0.3) is 0 Å². The van der Waals surface area contributed by atoms with E-state index in [1.54, 1.807) is 0 Å². The predicted molar refractivity (Wildman–Crippen MR) is 66.2 cm³/mol. The van der Waals surface area contributed by atoms with E-state index in [0.29, 0.717) is 6.61 Å². The summed E-state index contributed by atoms with van der Waals surface area (Å²) in [6.07, 6.45) is 0. The Balaban J connectivity index is 2.69. The second-order valence-electron chi connectivity index (χ2n) is 3.36. The first-order chi connectivity index (χ1) is 7.95. The highest BCUT2D eigenvalue weighted by Crippen LogP contribution is 2.10. The molecule has 0 aliphatic rings. The minimum absolute atomic E-state index is 0.0883. The zero-order chi connectivity index (χ0) is 12.9. The van der Waals surface area contributed by atoms with Crippen LogP contribution in [0.5, 0.6) is 0 Å². The van der Waals surface area contributed by atoms with Gasteiger partial charge in [-0.15, -0.1) is 0 Å². The molecule has 0 aliphatic heterocycles. The van der Waals surface area contributed by atoms with Gasteiger partial charge in [-0.3, -0.25) is 0 Å². The molecule has 1 aromatic rings. The average molecular weight is 326 g/mol. The highest BCUT2D eigenvalue weighted by atomic mass is 79.9. The van der Waals surface area contributed by atoms with Crippen LogP contribution in [-0.2, 0) is 14.8 Å². The van der Waals surface area contributed by atoms with Gasteiger partial charge in [-0.2, -0.15) is 0 Å². The third-order valence-electron chi connectivity index (χ3n) is 1.95. The molecule has 0 fully saturated rings. The number of ether oxygens (including phenoxy) is 1. The van der Waals surface area contributed by atoms with E-state index < -0.39 is 15.8 Å². The van der Waals surface area contributed by atoms with Gasteiger partial charge in [0.05, 0.1) is 16.3 Å². The van der Waals surface area contributed by atoms with Crippen LogP contribution in [0.25, 0.3) is 0 Å². The van der Waals surface area contributed by atoms with Crippen molar-refractivity contribution in [1.29, 1.82) is 0 Å². The van der Waals surface area contributed by atoms with E-state index in [1.807, 2.05) is 0 Å². The number of nitrogens with one attached hydrogen (secondary N) is 1. The van der Waals surface area contributed by atoms with Gasteiger partial charge in [-0.25, -0.2) is 17.5 Å². The first-order valence-electron chi connectivity index (χ1n) is 4.84. The Labute approximate surface area is 108 Å². The van der Waals surface area contributed by atoms with Crippen molar-refractivity contribution in [2.75, 3.05) is 20.3 Å². The Hall–Kier alpha value is -0.500. The van der Waals surface area contributed by atoms with Crippen LogP contribution < -0.4 is 4.72 Å². The lowest BCUT2D eigenvalue weighted by molar-refractivity contribution is 0.201. The molecule has 0 saturated heterocycles. The molecular weight excluding hydrogens is 313 g/mol. The lowest BCUT2D eigenvalue weighted by Crippen LogP contribution is -2.31. The van der Waals surface area contributed by atoms with Crippen molar-refractivity contribution in [2.24, 2.45) is 0 Å². The molecule has 0 bridgehead atoms. The summed E-state index contributed by atoms with van der Waals surface area (Å²) in [5, 5.41) is 0. The Morgan fingerprint density at radius 2 is 2.24 bits per heavy atom. The summed E-state index contributed by atoms with van der Waals surface area (Å²) >= 11 is 3.25. The number of hydrogen-bond donors (Lipinski definition) is 1. The van der Waals surface area contributed by atoms with Crippen LogP contribution in [0.2, 0.25) is 0 Å². The number of halogens is 2. The van der Waals surface area contributed by atoms with E-state index in [0.717, 1.165) is 6.07 Å². The number of rotatable bonds is 6. The van der Waals surface area contributed by atoms with E-state index in [2.05, 4.69) is 20.7 Å². The monoisotopic (exact) mass is 325 g/mol. The van der Waals surface area contributed by atoms with Crippen molar-refractivity contribution in [3.8, 4) is 0 Å². The molecule has 1 aromatic carbocycles. The standard InChI is InChI=1S/C10H13BrFNO3S/c1-16-7-8(11)6-13-17(14,15)10-4-2-3-9(12)5-10/h2-5,8,13H,6-7H2,1H3. The first-order valence-corrected chi connectivity index (χ1v) is 7.24. The van der Waals surface area contributed by atoms with E-state index in [1.165, 1.54) is 25.3 Å². The SMILES string of the molecule is COCC(Br)CNS(=O)(=O)c1cccc(F)c1. The Morgan fingerprint density at radius 1 is 1.53 bits per heavy atom. The molecule has 17 heavy (non-hydrogen) atoms. The molecule has 0 aliphatic carbocycles. The normalized spacial score (nSPS) is 13.6. The molecule has 0 aromatic heterocycles. The van der Waals surface area contributed by atoms with Crippen LogP contribution in [0, 0.1) is 5.82 Å². The maximum atomic E-state index is 12.9. The number of benzene rings is 1. The van der Waals surface area contributed by atoms with Crippen LogP contribution in [0.4, 0.5) is 4.39 Å². The van der Waals surface area contributed by atoms with Gasteiger partial charge < -0.3 is 4.74 Å². The zero-order valence-corrected chi connectivity index (χ0v) is 11.6. The third-order valence-corrected chi connectivity index (χ3v) is 3.96. The second-order valence-corrected chi connectivity index (χ2v) is 6.42. The maximum absolute atomic E-state index is 12.9. The summed E-state index contributed by atoms with van der Waals surface area (Å²) in [6, 6.07) is 4.86. The van der Waals surface area contributed by atoms with Gasteiger partial charge >= 0.3 is 0 Å². The van der Waals surface area contributed by atoms with E-state index in [9.17, 15) is 12.8 Å². The van der Waals surface area contributed by atoms with E-state index in [4.69, 9.17) is 4.74 Å². The highest BCUT2D eigenvalue weighted by Gasteiger charge is 2.16. The lowest BCUT2D eigenvalue weighted by atomic mass is 10.4. The molecule has 0 spiro atoms. The van der Waals surface area contributed by atoms with Crippen LogP contribution in [0.3, 0.4) is 0 Å². The Kier molecular flexibility index (Phi) is 5.51. The van der Waals surface area contributed by atoms with Crippen LogP contribution >= 0.6 is 15.9 Å². The molecule has 0 heterocycles. The van der Waals surface area contributed by atoms with Gasteiger partial charge in [0.15, 0.2) is 0 Å². The molecule has 0 radical (unpaired) electrons. The number of methoxy groups -OCH3 is 1. The fraction of sp³-hybridized carbons (Fsp3) is 0.400. The van der Waals surface area contributed by atoms with Crippen LogP contribution in [0.15, 0.2) is 29.2 Å². The van der Waals surface area contributed by atoms with Gasteiger partial charge in [0, 0.05) is 13.7 Å². The van der Waals surface area contributed by atoms with Crippen molar-refractivity contribution in [2.45, 2.75) is 9.72 Å². The number of alkyl halides is 1. The molecular formula is C10H13BrFNO3S. The topological polar surface area (TPSA) is 55.4 Å². The molecule has 96 valence electrons. The van der Waals surface area contributed by atoms with Gasteiger partial charge in [0.1, 0.15) is 5.82 Å². The lowest BCUT2D eigenvalue weighted by Gasteiger charge is -2.10. The summed E-state index contributed by atoms with van der Waals surface area (Å²) in [5.41, 5.74) is 0. The molecule has 0 saturated carbocycles. The fourth-order valence-corrected chi connectivity index (χ4v) is 2.91. The summed E-state index contributed by atoms with van der Waals surface area (Å²) in [4.78, 5) is -0.217. The molecule has 4 nitrogen and oxygen atoms in total. The minimum Gasteiger partial charge on any atom is -0.383 e. The van der Waals surface area contributed by atoms with Crippen molar-refractivity contribution in [1.82, 2.24) is 4.72 Å². The molecule has 0 amide bonds. The van der Waals surface area contributed by atoms with Gasteiger partial charge in [0.2, 0.25) is 10.0 Å². The second kappa shape index (κ2) is 6.44. The summed E-state index contributed by atoms with van der Waals surface area (Å²) < 4.78 is 43.6. The minimum atomic E-state index is -3.67. The molecule has 1 atom stereocenters. The number of sulfonamides is 1.